The largest absolute Gasteiger partial charge is 0.390 e. The molecule has 0 amide bonds. The summed E-state index contributed by atoms with van der Waals surface area (Å²) in [6.45, 7) is 2.50. The Morgan fingerprint density at radius 2 is 2.09 bits per heavy atom. The first kappa shape index (κ1) is 16.2. The molecule has 2 aromatic rings. The molecule has 0 spiro atoms. The quantitative estimate of drug-likeness (QED) is 0.850. The summed E-state index contributed by atoms with van der Waals surface area (Å²) in [7, 11) is 1.61. The molecule has 2 heterocycles. The van der Waals surface area contributed by atoms with Crippen molar-refractivity contribution in [1.82, 2.24) is 9.88 Å². The van der Waals surface area contributed by atoms with E-state index in [0.717, 1.165) is 12.2 Å². The molecule has 1 aliphatic rings. The van der Waals surface area contributed by atoms with Crippen LogP contribution in [0.3, 0.4) is 0 Å². The maximum Gasteiger partial charge on any atom is 0.107 e. The lowest BCUT2D eigenvalue weighted by atomic mass is 9.96. The van der Waals surface area contributed by atoms with Gasteiger partial charge >= 0.3 is 0 Å². The first-order chi connectivity index (χ1) is 11.3. The molecule has 1 aromatic carbocycles. The van der Waals surface area contributed by atoms with Gasteiger partial charge in [-0.25, -0.2) is 0 Å². The summed E-state index contributed by atoms with van der Waals surface area (Å²) in [6.07, 6.45) is 3.36. The van der Waals surface area contributed by atoms with Crippen LogP contribution in [0.2, 0.25) is 0 Å². The zero-order valence-corrected chi connectivity index (χ0v) is 13.4. The zero-order valence-electron chi connectivity index (χ0n) is 13.4. The highest BCUT2D eigenvalue weighted by Crippen LogP contribution is 2.17. The molecule has 5 nitrogen and oxygen atoms in total. The number of hydrogen-bond donors (Lipinski definition) is 2. The van der Waals surface area contributed by atoms with E-state index in [-0.39, 0.29) is 12.0 Å². The van der Waals surface area contributed by atoms with Crippen molar-refractivity contribution in [3.8, 4) is 5.69 Å². The van der Waals surface area contributed by atoms with E-state index in [9.17, 15) is 5.11 Å². The molecule has 3 atom stereocenters. The van der Waals surface area contributed by atoms with Crippen molar-refractivity contribution in [2.75, 3.05) is 26.9 Å². The van der Waals surface area contributed by atoms with Crippen molar-refractivity contribution in [2.45, 2.75) is 18.8 Å². The predicted molar refractivity (Wildman–Crippen MR) is 88.6 cm³/mol. The Kier molecular flexibility index (Phi) is 5.46. The number of nitrogens with one attached hydrogen (secondary N) is 1. The van der Waals surface area contributed by atoms with Crippen LogP contribution in [0, 0.1) is 5.92 Å². The van der Waals surface area contributed by atoms with Crippen LogP contribution < -0.4 is 5.32 Å². The SMILES string of the molecule is CO[C@@H]1COC[C@@H](CNCc2cccc(-n3cccc3)c2)[C@@H]1O. The Balaban J connectivity index is 1.54. The molecule has 1 fully saturated rings. The van der Waals surface area contributed by atoms with Crippen LogP contribution in [0.25, 0.3) is 5.69 Å². The lowest BCUT2D eigenvalue weighted by Crippen LogP contribution is -2.48. The molecule has 1 saturated heterocycles. The topological polar surface area (TPSA) is 55.7 Å². The van der Waals surface area contributed by atoms with Crippen LogP contribution in [0.4, 0.5) is 0 Å². The van der Waals surface area contributed by atoms with E-state index in [1.54, 1.807) is 7.11 Å². The van der Waals surface area contributed by atoms with E-state index in [2.05, 4.69) is 34.1 Å². The Morgan fingerprint density at radius 3 is 2.87 bits per heavy atom. The molecule has 3 rings (SSSR count). The van der Waals surface area contributed by atoms with Crippen molar-refractivity contribution in [1.29, 1.82) is 0 Å². The third kappa shape index (κ3) is 4.00. The van der Waals surface area contributed by atoms with E-state index < -0.39 is 6.10 Å². The van der Waals surface area contributed by atoms with E-state index >= 15 is 0 Å². The summed E-state index contributed by atoms with van der Waals surface area (Å²) in [6, 6.07) is 12.4. The summed E-state index contributed by atoms with van der Waals surface area (Å²) >= 11 is 0. The number of benzene rings is 1. The fourth-order valence-corrected chi connectivity index (χ4v) is 2.96. The zero-order chi connectivity index (χ0) is 16.1. The fourth-order valence-electron chi connectivity index (χ4n) is 2.96. The molecule has 0 unspecified atom stereocenters. The average molecular weight is 316 g/mol. The van der Waals surface area contributed by atoms with Gasteiger partial charge < -0.3 is 24.5 Å². The molecule has 124 valence electrons. The summed E-state index contributed by atoms with van der Waals surface area (Å²) in [5, 5.41) is 13.7. The minimum Gasteiger partial charge on any atom is -0.390 e. The Morgan fingerprint density at radius 1 is 1.26 bits per heavy atom. The Labute approximate surface area is 136 Å². The van der Waals surface area contributed by atoms with Crippen molar-refractivity contribution in [3.05, 3.63) is 54.4 Å². The fraction of sp³-hybridized carbons (Fsp3) is 0.444. The monoisotopic (exact) mass is 316 g/mol. The number of aliphatic hydroxyl groups is 1. The highest BCUT2D eigenvalue weighted by Gasteiger charge is 2.32. The van der Waals surface area contributed by atoms with Gasteiger partial charge in [0, 0.05) is 44.2 Å². The maximum atomic E-state index is 10.2. The molecule has 5 heteroatoms. The van der Waals surface area contributed by atoms with Crippen molar-refractivity contribution >= 4 is 0 Å². The van der Waals surface area contributed by atoms with Gasteiger partial charge in [-0.15, -0.1) is 0 Å². The van der Waals surface area contributed by atoms with Crippen molar-refractivity contribution < 1.29 is 14.6 Å². The van der Waals surface area contributed by atoms with E-state index in [1.807, 2.05) is 24.5 Å². The number of rotatable bonds is 6. The van der Waals surface area contributed by atoms with E-state index in [1.165, 1.54) is 5.56 Å². The van der Waals surface area contributed by atoms with Crippen LogP contribution in [-0.4, -0.2) is 48.7 Å². The molecule has 1 aromatic heterocycles. The number of aliphatic hydroxyl groups excluding tert-OH is 1. The summed E-state index contributed by atoms with van der Waals surface area (Å²) in [5.41, 5.74) is 2.36. The van der Waals surface area contributed by atoms with Gasteiger partial charge in [0.15, 0.2) is 0 Å². The van der Waals surface area contributed by atoms with Crippen LogP contribution >= 0.6 is 0 Å². The van der Waals surface area contributed by atoms with Gasteiger partial charge in [0.2, 0.25) is 0 Å². The Hall–Kier alpha value is -1.66. The molecule has 23 heavy (non-hydrogen) atoms. The van der Waals surface area contributed by atoms with Gasteiger partial charge in [0.05, 0.1) is 19.3 Å². The molecule has 0 saturated carbocycles. The smallest absolute Gasteiger partial charge is 0.107 e. The molecule has 1 aliphatic heterocycles. The van der Waals surface area contributed by atoms with Gasteiger partial charge in [-0.05, 0) is 29.8 Å². The number of nitrogens with zero attached hydrogens (tertiary/aromatic N) is 1. The van der Waals surface area contributed by atoms with Gasteiger partial charge in [0.25, 0.3) is 0 Å². The van der Waals surface area contributed by atoms with Gasteiger partial charge in [-0.2, -0.15) is 0 Å². The van der Waals surface area contributed by atoms with Crippen molar-refractivity contribution in [3.63, 3.8) is 0 Å². The molecule has 0 radical (unpaired) electrons. The molecule has 0 bridgehead atoms. The van der Waals surface area contributed by atoms with Crippen molar-refractivity contribution in [2.24, 2.45) is 5.92 Å². The van der Waals surface area contributed by atoms with Gasteiger partial charge in [-0.3, -0.25) is 0 Å². The summed E-state index contributed by atoms with van der Waals surface area (Å²) in [4.78, 5) is 0. The third-order valence-electron chi connectivity index (χ3n) is 4.33. The van der Waals surface area contributed by atoms with E-state index in [0.29, 0.717) is 19.8 Å². The summed E-state index contributed by atoms with van der Waals surface area (Å²) in [5.74, 6) is 0.0568. The normalized spacial score (nSPS) is 24.7. The number of methoxy groups -OCH3 is 1. The number of ether oxygens (including phenoxy) is 2. The minimum absolute atomic E-state index is 0.0568. The second kappa shape index (κ2) is 7.75. The van der Waals surface area contributed by atoms with E-state index in [4.69, 9.17) is 9.47 Å². The first-order valence-corrected chi connectivity index (χ1v) is 7.99. The maximum absolute atomic E-state index is 10.2. The molecule has 2 N–H and O–H groups in total. The number of aromatic nitrogens is 1. The third-order valence-corrected chi connectivity index (χ3v) is 4.33. The second-order valence-electron chi connectivity index (χ2n) is 5.95. The predicted octanol–water partition coefficient (Wildman–Crippen LogP) is 1.59. The Bertz CT molecular complexity index is 600. The standard InChI is InChI=1S/C18H24N2O3/c1-22-17-13-23-12-15(18(17)21)11-19-10-14-5-4-6-16(9-14)20-7-2-3-8-20/h2-9,15,17-19,21H,10-13H2,1H3/t15-,17-,18+/m1/s1. The molecule has 0 aliphatic carbocycles. The average Bonchev–Trinajstić information content (AvgIpc) is 3.11. The number of hydrogen-bond acceptors (Lipinski definition) is 4. The molecular formula is C18H24N2O3. The lowest BCUT2D eigenvalue weighted by molar-refractivity contribution is -0.133. The van der Waals surface area contributed by atoms with Crippen LogP contribution in [0.1, 0.15) is 5.56 Å². The van der Waals surface area contributed by atoms with Crippen LogP contribution in [0.15, 0.2) is 48.8 Å². The van der Waals surface area contributed by atoms with Gasteiger partial charge in [-0.1, -0.05) is 12.1 Å². The van der Waals surface area contributed by atoms with Crippen LogP contribution in [0.5, 0.6) is 0 Å². The lowest BCUT2D eigenvalue weighted by Gasteiger charge is -2.33. The highest BCUT2D eigenvalue weighted by atomic mass is 16.5. The highest BCUT2D eigenvalue weighted by molar-refractivity contribution is 5.36. The second-order valence-corrected chi connectivity index (χ2v) is 5.95. The minimum atomic E-state index is -0.479. The molecular weight excluding hydrogens is 292 g/mol. The summed E-state index contributed by atoms with van der Waals surface area (Å²) < 4.78 is 12.8. The first-order valence-electron chi connectivity index (χ1n) is 7.99. The van der Waals surface area contributed by atoms with Crippen LogP contribution in [-0.2, 0) is 16.0 Å². The van der Waals surface area contributed by atoms with Gasteiger partial charge in [0.1, 0.15) is 6.10 Å².